The van der Waals surface area contributed by atoms with Gasteiger partial charge < -0.3 is 10.2 Å². The van der Waals surface area contributed by atoms with E-state index in [9.17, 15) is 4.39 Å². The number of hydrazine groups is 1. The zero-order valence-corrected chi connectivity index (χ0v) is 10.5. The SMILES string of the molecule is NNc1cn2ccnc2c(OCc2ccccc2F)n1. The molecule has 3 N–H and O–H groups in total. The molecule has 6 nitrogen and oxygen atoms in total. The molecule has 102 valence electrons. The highest BCUT2D eigenvalue weighted by atomic mass is 19.1. The Bertz CT molecular complexity index is 742. The molecule has 0 aliphatic heterocycles. The number of nitrogens with zero attached hydrogens (tertiary/aromatic N) is 3. The number of rotatable bonds is 4. The summed E-state index contributed by atoms with van der Waals surface area (Å²) in [5, 5.41) is 0. The van der Waals surface area contributed by atoms with Gasteiger partial charge >= 0.3 is 0 Å². The second-order valence-corrected chi connectivity index (χ2v) is 4.11. The number of anilines is 1. The highest BCUT2D eigenvalue weighted by Crippen LogP contribution is 2.19. The summed E-state index contributed by atoms with van der Waals surface area (Å²) in [6, 6.07) is 6.42. The third kappa shape index (κ3) is 2.26. The monoisotopic (exact) mass is 273 g/mol. The minimum Gasteiger partial charge on any atom is -0.470 e. The molecule has 1 aromatic carbocycles. The number of benzene rings is 1. The summed E-state index contributed by atoms with van der Waals surface area (Å²) in [5.41, 5.74) is 3.44. The molecule has 0 spiro atoms. The summed E-state index contributed by atoms with van der Waals surface area (Å²) in [6.07, 6.45) is 5.04. The Morgan fingerprint density at radius 2 is 2.20 bits per heavy atom. The number of aromatic nitrogens is 3. The van der Waals surface area contributed by atoms with Crippen molar-refractivity contribution in [3.05, 3.63) is 54.2 Å². The van der Waals surface area contributed by atoms with Crippen LogP contribution in [0, 0.1) is 5.82 Å². The summed E-state index contributed by atoms with van der Waals surface area (Å²) in [6.45, 7) is 0.0657. The van der Waals surface area contributed by atoms with Crippen LogP contribution in [0.4, 0.5) is 10.2 Å². The van der Waals surface area contributed by atoms with Gasteiger partial charge in [-0.1, -0.05) is 18.2 Å². The molecule has 3 aromatic rings. The van der Waals surface area contributed by atoms with E-state index < -0.39 is 0 Å². The second kappa shape index (κ2) is 5.14. The first-order valence-corrected chi connectivity index (χ1v) is 5.94. The lowest BCUT2D eigenvalue weighted by Gasteiger charge is -2.09. The van der Waals surface area contributed by atoms with E-state index in [1.165, 1.54) is 6.07 Å². The van der Waals surface area contributed by atoms with E-state index in [2.05, 4.69) is 15.4 Å². The fourth-order valence-electron chi connectivity index (χ4n) is 1.83. The Hall–Kier alpha value is -2.67. The topological polar surface area (TPSA) is 77.5 Å². The van der Waals surface area contributed by atoms with Crippen molar-refractivity contribution in [2.45, 2.75) is 6.61 Å². The Morgan fingerprint density at radius 3 is 3.00 bits per heavy atom. The predicted molar refractivity (Wildman–Crippen MR) is 71.5 cm³/mol. The van der Waals surface area contributed by atoms with Crippen molar-refractivity contribution >= 4 is 11.5 Å². The quantitative estimate of drug-likeness (QED) is 0.559. The van der Waals surface area contributed by atoms with Gasteiger partial charge in [0.2, 0.25) is 5.65 Å². The lowest BCUT2D eigenvalue weighted by atomic mass is 10.2. The van der Waals surface area contributed by atoms with Gasteiger partial charge in [0.15, 0.2) is 5.82 Å². The highest BCUT2D eigenvalue weighted by molar-refractivity contribution is 5.53. The van der Waals surface area contributed by atoms with Crippen molar-refractivity contribution in [2.24, 2.45) is 5.84 Å². The molecule has 2 aromatic heterocycles. The summed E-state index contributed by atoms with van der Waals surface area (Å²) < 4.78 is 20.8. The van der Waals surface area contributed by atoms with Crippen molar-refractivity contribution in [3.63, 3.8) is 0 Å². The standard InChI is InChI=1S/C13H12FN5O/c14-10-4-2-1-3-9(10)8-20-13-12-16-5-6-19(12)7-11(17-13)18-15/h1-7,18H,8,15H2. The maximum atomic E-state index is 13.5. The van der Waals surface area contributed by atoms with Crippen molar-refractivity contribution in [3.8, 4) is 5.88 Å². The third-order valence-electron chi connectivity index (χ3n) is 2.81. The third-order valence-corrected chi connectivity index (χ3v) is 2.81. The Morgan fingerprint density at radius 1 is 1.35 bits per heavy atom. The summed E-state index contributed by atoms with van der Waals surface area (Å²) in [7, 11) is 0. The lowest BCUT2D eigenvalue weighted by molar-refractivity contribution is 0.290. The summed E-state index contributed by atoms with van der Waals surface area (Å²) in [5.74, 6) is 5.74. The molecule has 3 rings (SSSR count). The van der Waals surface area contributed by atoms with Crippen LogP contribution < -0.4 is 16.0 Å². The van der Waals surface area contributed by atoms with Crippen LogP contribution in [0.2, 0.25) is 0 Å². The molecule has 2 heterocycles. The van der Waals surface area contributed by atoms with Crippen molar-refractivity contribution in [1.29, 1.82) is 0 Å². The predicted octanol–water partition coefficient (Wildman–Crippen LogP) is 1.73. The number of fused-ring (bicyclic) bond motifs is 1. The van der Waals surface area contributed by atoms with E-state index in [-0.39, 0.29) is 18.3 Å². The molecule has 0 bridgehead atoms. The minimum atomic E-state index is -0.319. The molecule has 0 fully saturated rings. The molecule has 0 radical (unpaired) electrons. The van der Waals surface area contributed by atoms with E-state index in [1.54, 1.807) is 41.2 Å². The Labute approximate surface area is 114 Å². The number of nitrogen functional groups attached to an aromatic ring is 1. The first kappa shape index (κ1) is 12.4. The van der Waals surface area contributed by atoms with Crippen LogP contribution >= 0.6 is 0 Å². The number of hydrogen-bond acceptors (Lipinski definition) is 5. The van der Waals surface area contributed by atoms with Gasteiger partial charge in [0.05, 0.1) is 6.20 Å². The normalized spacial score (nSPS) is 10.7. The highest BCUT2D eigenvalue weighted by Gasteiger charge is 2.10. The fraction of sp³-hybridized carbons (Fsp3) is 0.0769. The first-order valence-electron chi connectivity index (χ1n) is 5.94. The van der Waals surface area contributed by atoms with E-state index >= 15 is 0 Å². The molecule has 0 saturated heterocycles. The number of ether oxygens (including phenoxy) is 1. The van der Waals surface area contributed by atoms with Gasteiger partial charge in [0.25, 0.3) is 5.88 Å². The molecule has 0 unspecified atom stereocenters. The number of halogens is 1. The van der Waals surface area contributed by atoms with Crippen LogP contribution in [0.15, 0.2) is 42.9 Å². The molecule has 20 heavy (non-hydrogen) atoms. The molecule has 7 heteroatoms. The van der Waals surface area contributed by atoms with Crippen LogP contribution in [0.5, 0.6) is 5.88 Å². The van der Waals surface area contributed by atoms with Crippen LogP contribution in [0.3, 0.4) is 0 Å². The smallest absolute Gasteiger partial charge is 0.260 e. The minimum absolute atomic E-state index is 0.0657. The number of nitrogens with one attached hydrogen (secondary N) is 1. The Balaban J connectivity index is 1.90. The van der Waals surface area contributed by atoms with Crippen LogP contribution in [0.25, 0.3) is 5.65 Å². The number of hydrogen-bond donors (Lipinski definition) is 2. The van der Waals surface area contributed by atoms with Crippen molar-refractivity contribution in [2.75, 3.05) is 5.43 Å². The second-order valence-electron chi connectivity index (χ2n) is 4.11. The molecule has 0 saturated carbocycles. The summed E-state index contributed by atoms with van der Waals surface area (Å²) in [4.78, 5) is 8.31. The first-order chi connectivity index (χ1) is 9.78. The van der Waals surface area contributed by atoms with E-state index in [0.29, 0.717) is 17.0 Å². The fourth-order valence-corrected chi connectivity index (χ4v) is 1.83. The van der Waals surface area contributed by atoms with Crippen molar-refractivity contribution < 1.29 is 9.13 Å². The van der Waals surface area contributed by atoms with Gasteiger partial charge in [-0.2, -0.15) is 4.98 Å². The molecule has 0 amide bonds. The largest absolute Gasteiger partial charge is 0.470 e. The average Bonchev–Trinajstić information content (AvgIpc) is 2.94. The van der Waals surface area contributed by atoms with Gasteiger partial charge in [0, 0.05) is 18.0 Å². The van der Waals surface area contributed by atoms with Gasteiger partial charge in [-0.05, 0) is 6.07 Å². The lowest BCUT2D eigenvalue weighted by Crippen LogP contribution is -2.11. The number of imidazole rings is 1. The summed E-state index contributed by atoms with van der Waals surface area (Å²) >= 11 is 0. The van der Waals surface area contributed by atoms with Crippen LogP contribution in [-0.4, -0.2) is 14.4 Å². The van der Waals surface area contributed by atoms with Gasteiger partial charge in [0.1, 0.15) is 12.4 Å². The molecular formula is C13H12FN5O. The maximum absolute atomic E-state index is 13.5. The molecule has 0 aliphatic rings. The van der Waals surface area contributed by atoms with E-state index in [1.807, 2.05) is 0 Å². The number of nitrogens with two attached hydrogens (primary N) is 1. The molecule has 0 aliphatic carbocycles. The Kier molecular flexibility index (Phi) is 3.18. The molecule has 0 atom stereocenters. The van der Waals surface area contributed by atoms with Crippen molar-refractivity contribution in [1.82, 2.24) is 14.4 Å². The van der Waals surface area contributed by atoms with E-state index in [0.717, 1.165) is 0 Å². The average molecular weight is 273 g/mol. The zero-order valence-electron chi connectivity index (χ0n) is 10.5. The zero-order chi connectivity index (χ0) is 13.9. The van der Waals surface area contributed by atoms with Gasteiger partial charge in [-0.15, -0.1) is 0 Å². The maximum Gasteiger partial charge on any atom is 0.260 e. The van der Waals surface area contributed by atoms with Crippen LogP contribution in [-0.2, 0) is 6.61 Å². The van der Waals surface area contributed by atoms with Crippen LogP contribution in [0.1, 0.15) is 5.56 Å². The van der Waals surface area contributed by atoms with Gasteiger partial charge in [-0.25, -0.2) is 15.2 Å². The van der Waals surface area contributed by atoms with Gasteiger partial charge in [-0.3, -0.25) is 4.40 Å². The van der Waals surface area contributed by atoms with E-state index in [4.69, 9.17) is 10.6 Å². The molecular weight excluding hydrogens is 261 g/mol.